The number of aromatic nitrogens is 2. The summed E-state index contributed by atoms with van der Waals surface area (Å²) >= 11 is 17.5. The van der Waals surface area contributed by atoms with E-state index in [2.05, 4.69) is 10.9 Å². The maximum Gasteiger partial charge on any atom is 0.341 e. The second-order valence-corrected chi connectivity index (χ2v) is 10.2. The summed E-state index contributed by atoms with van der Waals surface area (Å²) in [5.41, 5.74) is 7.57. The predicted octanol–water partition coefficient (Wildman–Crippen LogP) is 6.31. The summed E-state index contributed by atoms with van der Waals surface area (Å²) in [6.45, 7) is 5.61. The first-order valence-electron chi connectivity index (χ1n) is 12.9. The lowest BCUT2D eigenvalue weighted by molar-refractivity contribution is -0.136. The third kappa shape index (κ3) is 8.65. The van der Waals surface area contributed by atoms with Crippen molar-refractivity contribution in [3.63, 3.8) is 0 Å². The minimum Gasteiger partial charge on any atom is -0.462 e. The highest BCUT2D eigenvalue weighted by atomic mass is 35.5. The molecule has 2 aromatic carbocycles. The van der Waals surface area contributed by atoms with Crippen molar-refractivity contribution in [1.82, 2.24) is 20.2 Å². The normalized spacial score (nSPS) is 14.1. The summed E-state index contributed by atoms with van der Waals surface area (Å²) in [6.07, 6.45) is 4.67. The summed E-state index contributed by atoms with van der Waals surface area (Å²) < 4.78 is 33.7. The van der Waals surface area contributed by atoms with Gasteiger partial charge in [-0.3, -0.25) is 20.3 Å². The summed E-state index contributed by atoms with van der Waals surface area (Å²) in [7, 11) is 0. The highest BCUT2D eigenvalue weighted by Gasteiger charge is 2.21. The molecule has 0 bridgehead atoms. The maximum atomic E-state index is 12.9. The summed E-state index contributed by atoms with van der Waals surface area (Å²) in [5, 5.41) is 0.450. The number of hydrogen-bond donors (Lipinski definition) is 2. The van der Waals surface area contributed by atoms with Crippen molar-refractivity contribution < 1.29 is 18.3 Å². The molecule has 0 spiro atoms. The minimum atomic E-state index is -0.630. The van der Waals surface area contributed by atoms with Gasteiger partial charge >= 0.3 is 5.97 Å². The molecule has 0 atom stereocenters. The van der Waals surface area contributed by atoms with Crippen LogP contribution in [-0.2, 0) is 22.6 Å². The number of nitrogens with zero attached hydrogens (tertiary/aromatic N) is 2. The van der Waals surface area contributed by atoms with E-state index in [0.29, 0.717) is 28.4 Å². The molecular formula is C28H31Cl3F2N4O3. The van der Waals surface area contributed by atoms with Gasteiger partial charge in [0.1, 0.15) is 21.3 Å². The topological polar surface area (TPSA) is 77.3 Å². The Bertz CT molecular complexity index is 1340. The molecule has 5 rings (SSSR count). The Hall–Kier alpha value is -2.69. The molecule has 0 aliphatic carbocycles. The van der Waals surface area contributed by atoms with E-state index in [1.54, 1.807) is 23.7 Å². The Kier molecular flexibility index (Phi) is 12.7. The number of carbonyl (C=O) groups is 1. The van der Waals surface area contributed by atoms with Gasteiger partial charge in [0.25, 0.3) is 5.56 Å². The molecule has 3 heterocycles. The van der Waals surface area contributed by atoms with Crippen molar-refractivity contribution in [1.29, 1.82) is 0 Å². The van der Waals surface area contributed by atoms with Crippen LogP contribution in [0.4, 0.5) is 8.78 Å². The fraction of sp³-hybridized carbons (Fsp3) is 0.357. The monoisotopic (exact) mass is 614 g/mol. The molecule has 1 fully saturated rings. The molecule has 0 amide bonds. The molecule has 1 saturated heterocycles. The maximum absolute atomic E-state index is 12.9. The Morgan fingerprint density at radius 3 is 1.85 bits per heavy atom. The number of carbonyl (C=O) groups excluding carboxylic acids is 1. The number of rotatable bonds is 4. The number of fused-ring (bicyclic) bond motifs is 1. The van der Waals surface area contributed by atoms with Crippen LogP contribution in [-0.4, -0.2) is 35.0 Å². The largest absolute Gasteiger partial charge is 0.462 e. The van der Waals surface area contributed by atoms with Gasteiger partial charge in [-0.1, -0.05) is 59.1 Å². The standard InChI is InChI=1S/C13H12ClFN2O.C11H9Cl2FO2.C4H10N2/c14-12-11(9-3-5-10(15)6-4-9)13(18)17-8-2-1-7-16(12)17;1-2-16-11(15)9(10(12)13)7-3-5-8(14)6-4-7;1-2-4-6-5-3-1/h3-6H,1-2,7-8H2;3-6H,2H2,1H3;5-6H,1-4H2. The molecule has 7 nitrogen and oxygen atoms in total. The Morgan fingerprint density at radius 1 is 0.875 bits per heavy atom. The number of ether oxygens (including phenoxy) is 1. The van der Waals surface area contributed by atoms with Crippen LogP contribution in [0.3, 0.4) is 0 Å². The van der Waals surface area contributed by atoms with Crippen molar-refractivity contribution in [2.24, 2.45) is 0 Å². The molecular weight excluding hydrogens is 585 g/mol. The zero-order chi connectivity index (χ0) is 29.1. The third-order valence-corrected chi connectivity index (χ3v) is 6.84. The van der Waals surface area contributed by atoms with Crippen LogP contribution in [0, 0.1) is 11.6 Å². The fourth-order valence-electron chi connectivity index (χ4n) is 4.11. The van der Waals surface area contributed by atoms with E-state index in [9.17, 15) is 18.4 Å². The van der Waals surface area contributed by atoms with Gasteiger partial charge in [0.05, 0.1) is 17.7 Å². The smallest absolute Gasteiger partial charge is 0.341 e. The van der Waals surface area contributed by atoms with E-state index in [4.69, 9.17) is 39.5 Å². The summed E-state index contributed by atoms with van der Waals surface area (Å²) in [4.78, 5) is 23.8. The van der Waals surface area contributed by atoms with Crippen LogP contribution in [0.5, 0.6) is 0 Å². The SMILES string of the molecule is C1CCNNC1.CCOC(=O)C(=C(Cl)Cl)c1ccc(F)cc1.O=c1c(-c2ccc(F)cc2)c(Cl)n2n1CCCC2. The van der Waals surface area contributed by atoms with Gasteiger partial charge in [-0.05, 0) is 68.0 Å². The first-order valence-corrected chi connectivity index (χ1v) is 14.1. The molecule has 0 radical (unpaired) electrons. The average Bonchev–Trinajstić information content (AvgIpc) is 3.22. The number of hydrazine groups is 1. The van der Waals surface area contributed by atoms with E-state index in [0.717, 1.165) is 32.5 Å². The van der Waals surface area contributed by atoms with Gasteiger partial charge < -0.3 is 4.74 Å². The number of halogens is 5. The van der Waals surface area contributed by atoms with Crippen molar-refractivity contribution in [3.8, 4) is 11.1 Å². The van der Waals surface area contributed by atoms with E-state index >= 15 is 0 Å². The number of nitrogens with one attached hydrogen (secondary N) is 2. The molecule has 1 aromatic heterocycles. The van der Waals surface area contributed by atoms with Gasteiger partial charge in [-0.15, -0.1) is 0 Å². The van der Waals surface area contributed by atoms with Gasteiger partial charge in [0.2, 0.25) is 0 Å². The van der Waals surface area contributed by atoms with Crippen molar-refractivity contribution in [2.75, 3.05) is 19.7 Å². The first kappa shape index (κ1) is 31.8. The summed E-state index contributed by atoms with van der Waals surface area (Å²) in [5.74, 6) is -1.36. The average molecular weight is 616 g/mol. The van der Waals surface area contributed by atoms with Crippen LogP contribution in [0.2, 0.25) is 5.15 Å². The number of hydrogen-bond acceptors (Lipinski definition) is 5. The van der Waals surface area contributed by atoms with Gasteiger partial charge in [0.15, 0.2) is 0 Å². The van der Waals surface area contributed by atoms with Crippen LogP contribution < -0.4 is 16.4 Å². The van der Waals surface area contributed by atoms with Crippen LogP contribution in [0.15, 0.2) is 57.8 Å². The molecule has 40 heavy (non-hydrogen) atoms. The number of esters is 1. The van der Waals surface area contributed by atoms with Gasteiger partial charge in [0, 0.05) is 26.2 Å². The molecule has 3 aromatic rings. The Labute approximate surface area is 246 Å². The first-order chi connectivity index (χ1) is 19.2. The van der Waals surface area contributed by atoms with E-state index in [1.807, 2.05) is 4.68 Å². The quantitative estimate of drug-likeness (QED) is 0.266. The lowest BCUT2D eigenvalue weighted by Crippen LogP contribution is -2.37. The van der Waals surface area contributed by atoms with Crippen LogP contribution in [0.1, 0.15) is 38.2 Å². The molecule has 12 heteroatoms. The second-order valence-electron chi connectivity index (χ2n) is 8.85. The highest BCUT2D eigenvalue weighted by Crippen LogP contribution is 2.28. The zero-order valence-electron chi connectivity index (χ0n) is 22.0. The summed E-state index contributed by atoms with van der Waals surface area (Å²) in [6, 6.07) is 11.1. The Morgan fingerprint density at radius 2 is 1.40 bits per heavy atom. The van der Waals surface area contributed by atoms with E-state index in [-0.39, 0.29) is 28.0 Å². The van der Waals surface area contributed by atoms with E-state index < -0.39 is 11.8 Å². The van der Waals surface area contributed by atoms with Crippen molar-refractivity contribution in [2.45, 2.75) is 45.7 Å². The molecule has 216 valence electrons. The lowest BCUT2D eigenvalue weighted by Gasteiger charge is -2.17. The molecule has 0 unspecified atom stereocenters. The van der Waals surface area contributed by atoms with Gasteiger partial charge in [-0.25, -0.2) is 18.3 Å². The predicted molar refractivity (Wildman–Crippen MR) is 155 cm³/mol. The Balaban J connectivity index is 0.000000184. The molecule has 2 aliphatic rings. The molecule has 2 N–H and O–H groups in total. The molecule has 0 saturated carbocycles. The fourth-order valence-corrected chi connectivity index (χ4v) is 4.85. The molecule has 2 aliphatic heterocycles. The second kappa shape index (κ2) is 15.9. The number of benzene rings is 2. The van der Waals surface area contributed by atoms with E-state index in [1.165, 1.54) is 49.2 Å². The van der Waals surface area contributed by atoms with Crippen LogP contribution in [0.25, 0.3) is 16.7 Å². The lowest BCUT2D eigenvalue weighted by atomic mass is 10.1. The van der Waals surface area contributed by atoms with Crippen molar-refractivity contribution in [3.05, 3.63) is 85.7 Å². The minimum absolute atomic E-state index is 0.0326. The van der Waals surface area contributed by atoms with Gasteiger partial charge in [-0.2, -0.15) is 0 Å². The van der Waals surface area contributed by atoms with Crippen LogP contribution >= 0.6 is 34.8 Å². The highest BCUT2D eigenvalue weighted by molar-refractivity contribution is 6.61. The van der Waals surface area contributed by atoms with Crippen molar-refractivity contribution >= 4 is 46.3 Å². The zero-order valence-corrected chi connectivity index (χ0v) is 24.3. The third-order valence-electron chi connectivity index (χ3n) is 6.08.